The van der Waals surface area contributed by atoms with Gasteiger partial charge in [-0.1, -0.05) is 0 Å². The van der Waals surface area contributed by atoms with Gasteiger partial charge in [0.2, 0.25) is 0 Å². The highest BCUT2D eigenvalue weighted by Crippen LogP contribution is 2.29. The van der Waals surface area contributed by atoms with Crippen LogP contribution in [0.2, 0.25) is 0 Å². The van der Waals surface area contributed by atoms with Gasteiger partial charge in [-0.05, 0) is 25.0 Å². The average Bonchev–Trinajstić information content (AvgIpc) is 2.80. The molecule has 3 nitrogen and oxygen atoms in total. The molecule has 0 aromatic heterocycles. The Morgan fingerprint density at radius 3 is 2.94 bits per heavy atom. The third-order valence-electron chi connectivity index (χ3n) is 2.94. The van der Waals surface area contributed by atoms with E-state index in [4.69, 9.17) is 0 Å². The molecular weight excluding hydrogens is 228 g/mol. The normalized spacial score (nSPS) is 19.5. The number of hydrogen-bond donors (Lipinski definition) is 0. The number of benzene rings is 1. The summed E-state index contributed by atoms with van der Waals surface area (Å²) in [5, 5.41) is 0. The first-order valence-corrected chi connectivity index (χ1v) is 5.43. The van der Waals surface area contributed by atoms with Crippen LogP contribution in [0.15, 0.2) is 18.2 Å². The Morgan fingerprint density at radius 2 is 2.24 bits per heavy atom. The second-order valence-electron chi connectivity index (χ2n) is 3.97. The summed E-state index contributed by atoms with van der Waals surface area (Å²) in [7, 11) is 1.29. The van der Waals surface area contributed by atoms with E-state index in [1.807, 2.05) is 0 Å². The lowest BCUT2D eigenvalue weighted by Gasteiger charge is -2.25. The van der Waals surface area contributed by atoms with E-state index in [1.54, 1.807) is 4.90 Å². The number of rotatable bonds is 2. The number of anilines is 1. The molecule has 1 saturated heterocycles. The molecule has 2 rings (SSSR count). The van der Waals surface area contributed by atoms with E-state index in [0.29, 0.717) is 13.0 Å². The average molecular weight is 241 g/mol. The summed E-state index contributed by atoms with van der Waals surface area (Å²) in [6.45, 7) is 0.528. The molecule has 1 heterocycles. The maximum absolute atomic E-state index is 13.6. The van der Waals surface area contributed by atoms with Gasteiger partial charge in [-0.25, -0.2) is 13.6 Å². The molecule has 17 heavy (non-hydrogen) atoms. The monoisotopic (exact) mass is 241 g/mol. The molecule has 0 N–H and O–H groups in total. The Kier molecular flexibility index (Phi) is 3.26. The largest absolute Gasteiger partial charge is 0.467 e. The third kappa shape index (κ3) is 2.23. The quantitative estimate of drug-likeness (QED) is 0.743. The van der Waals surface area contributed by atoms with Crippen LogP contribution in [0.4, 0.5) is 14.5 Å². The Labute approximate surface area is 98.0 Å². The van der Waals surface area contributed by atoms with Crippen molar-refractivity contribution < 1.29 is 18.3 Å². The first-order chi connectivity index (χ1) is 8.13. The van der Waals surface area contributed by atoms with E-state index in [-0.39, 0.29) is 5.69 Å². The topological polar surface area (TPSA) is 29.5 Å². The summed E-state index contributed by atoms with van der Waals surface area (Å²) in [6.07, 6.45) is 1.36. The molecule has 1 unspecified atom stereocenters. The van der Waals surface area contributed by atoms with Crippen LogP contribution in [0.3, 0.4) is 0 Å². The van der Waals surface area contributed by atoms with Gasteiger partial charge in [-0.2, -0.15) is 0 Å². The minimum Gasteiger partial charge on any atom is -0.467 e. The number of halogens is 2. The van der Waals surface area contributed by atoms with Gasteiger partial charge in [0.1, 0.15) is 17.7 Å². The van der Waals surface area contributed by atoms with E-state index >= 15 is 0 Å². The van der Waals surface area contributed by atoms with E-state index in [9.17, 15) is 13.6 Å². The summed E-state index contributed by atoms with van der Waals surface area (Å²) in [6, 6.07) is 2.71. The predicted molar refractivity (Wildman–Crippen MR) is 58.7 cm³/mol. The van der Waals surface area contributed by atoms with Crippen molar-refractivity contribution in [3.05, 3.63) is 29.8 Å². The third-order valence-corrected chi connectivity index (χ3v) is 2.94. The fraction of sp³-hybridized carbons (Fsp3) is 0.417. The molecule has 0 amide bonds. The molecular formula is C12H13F2NO2. The van der Waals surface area contributed by atoms with Gasteiger partial charge in [0, 0.05) is 12.6 Å². The zero-order valence-corrected chi connectivity index (χ0v) is 9.45. The van der Waals surface area contributed by atoms with Crippen molar-refractivity contribution in [2.75, 3.05) is 18.6 Å². The van der Waals surface area contributed by atoms with Gasteiger partial charge in [0.15, 0.2) is 0 Å². The van der Waals surface area contributed by atoms with Crippen molar-refractivity contribution in [1.29, 1.82) is 0 Å². The predicted octanol–water partition coefficient (Wildman–Crippen LogP) is 2.11. The number of carbonyl (C=O) groups is 1. The van der Waals surface area contributed by atoms with Crippen molar-refractivity contribution >= 4 is 11.7 Å². The van der Waals surface area contributed by atoms with Gasteiger partial charge < -0.3 is 9.64 Å². The lowest BCUT2D eigenvalue weighted by molar-refractivity contribution is -0.141. The van der Waals surface area contributed by atoms with Crippen LogP contribution >= 0.6 is 0 Å². The summed E-state index contributed by atoms with van der Waals surface area (Å²) in [4.78, 5) is 13.1. The summed E-state index contributed by atoms with van der Waals surface area (Å²) in [5.41, 5.74) is 0.123. The van der Waals surface area contributed by atoms with Crippen molar-refractivity contribution in [2.45, 2.75) is 18.9 Å². The number of methoxy groups -OCH3 is 1. The lowest BCUT2D eigenvalue weighted by atomic mass is 10.2. The number of hydrogen-bond acceptors (Lipinski definition) is 3. The summed E-state index contributed by atoms with van der Waals surface area (Å²) >= 11 is 0. The first-order valence-electron chi connectivity index (χ1n) is 5.43. The van der Waals surface area contributed by atoms with Crippen LogP contribution in [0.1, 0.15) is 12.8 Å². The maximum atomic E-state index is 13.6. The van der Waals surface area contributed by atoms with Crippen molar-refractivity contribution in [3.8, 4) is 0 Å². The fourth-order valence-electron chi connectivity index (χ4n) is 2.14. The van der Waals surface area contributed by atoms with Crippen LogP contribution in [-0.2, 0) is 9.53 Å². The molecule has 1 aliphatic heterocycles. The molecule has 1 aromatic carbocycles. The fourth-order valence-corrected chi connectivity index (χ4v) is 2.14. The molecule has 0 aliphatic carbocycles. The number of nitrogens with zero attached hydrogens (tertiary/aromatic N) is 1. The van der Waals surface area contributed by atoms with Gasteiger partial charge in [-0.3, -0.25) is 0 Å². The molecule has 1 fully saturated rings. The molecule has 92 valence electrons. The Hall–Kier alpha value is -1.65. The van der Waals surface area contributed by atoms with Crippen LogP contribution in [-0.4, -0.2) is 25.7 Å². The SMILES string of the molecule is COC(=O)C1CCCN1c1cc(F)ccc1F. The van der Waals surface area contributed by atoms with E-state index in [1.165, 1.54) is 7.11 Å². The van der Waals surface area contributed by atoms with Crippen molar-refractivity contribution in [3.63, 3.8) is 0 Å². The van der Waals surface area contributed by atoms with Crippen molar-refractivity contribution in [1.82, 2.24) is 0 Å². The molecule has 0 bridgehead atoms. The second-order valence-corrected chi connectivity index (χ2v) is 3.97. The highest BCUT2D eigenvalue weighted by atomic mass is 19.1. The highest BCUT2D eigenvalue weighted by molar-refractivity contribution is 5.80. The van der Waals surface area contributed by atoms with Gasteiger partial charge in [0.05, 0.1) is 12.8 Å². The number of ether oxygens (including phenoxy) is 1. The molecule has 1 aliphatic rings. The smallest absolute Gasteiger partial charge is 0.328 e. The van der Waals surface area contributed by atoms with Crippen LogP contribution < -0.4 is 4.90 Å². The second kappa shape index (κ2) is 4.69. The summed E-state index contributed by atoms with van der Waals surface area (Å²) < 4.78 is 31.4. The Bertz CT molecular complexity index is 437. The Balaban J connectivity index is 2.32. The first kappa shape index (κ1) is 11.8. The number of esters is 1. The van der Waals surface area contributed by atoms with Crippen molar-refractivity contribution in [2.24, 2.45) is 0 Å². The van der Waals surface area contributed by atoms with Crippen LogP contribution in [0.5, 0.6) is 0 Å². The van der Waals surface area contributed by atoms with E-state index in [0.717, 1.165) is 24.6 Å². The zero-order valence-electron chi connectivity index (χ0n) is 9.45. The van der Waals surface area contributed by atoms with Gasteiger partial charge >= 0.3 is 5.97 Å². The zero-order chi connectivity index (χ0) is 12.4. The van der Waals surface area contributed by atoms with E-state index in [2.05, 4.69) is 4.74 Å². The highest BCUT2D eigenvalue weighted by Gasteiger charge is 2.33. The lowest BCUT2D eigenvalue weighted by Crippen LogP contribution is -2.37. The van der Waals surface area contributed by atoms with Gasteiger partial charge in [0.25, 0.3) is 0 Å². The standard InChI is InChI=1S/C12H13F2NO2/c1-17-12(16)10-3-2-6-15(10)11-7-8(13)4-5-9(11)14/h4-5,7,10H,2-3,6H2,1H3. The maximum Gasteiger partial charge on any atom is 0.328 e. The van der Waals surface area contributed by atoms with Crippen LogP contribution in [0.25, 0.3) is 0 Å². The molecule has 1 aromatic rings. The molecule has 0 radical (unpaired) electrons. The molecule has 0 spiro atoms. The minimum atomic E-state index is -0.526. The molecule has 5 heteroatoms. The molecule has 1 atom stereocenters. The van der Waals surface area contributed by atoms with Gasteiger partial charge in [-0.15, -0.1) is 0 Å². The molecule has 0 saturated carbocycles. The minimum absolute atomic E-state index is 0.123. The summed E-state index contributed by atoms with van der Waals surface area (Å²) in [5.74, 6) is -1.45. The number of carbonyl (C=O) groups excluding carboxylic acids is 1. The van der Waals surface area contributed by atoms with E-state index < -0.39 is 23.6 Å². The van der Waals surface area contributed by atoms with Crippen LogP contribution in [0, 0.1) is 11.6 Å². The Morgan fingerprint density at radius 1 is 1.47 bits per heavy atom.